The lowest BCUT2D eigenvalue weighted by Gasteiger charge is -2.28. The Morgan fingerprint density at radius 1 is 1.18 bits per heavy atom. The Balaban J connectivity index is 1.57. The molecule has 0 radical (unpaired) electrons. The molecule has 1 aliphatic carbocycles. The van der Waals surface area contributed by atoms with E-state index in [4.69, 9.17) is 18.9 Å². The Kier molecular flexibility index (Phi) is 9.17. The van der Waals surface area contributed by atoms with Crippen LogP contribution in [0.4, 0.5) is 4.79 Å². The molecule has 1 aromatic carbocycles. The zero-order valence-electron chi connectivity index (χ0n) is 19.4. The van der Waals surface area contributed by atoms with Crippen molar-refractivity contribution in [1.29, 1.82) is 0 Å². The van der Waals surface area contributed by atoms with Crippen LogP contribution in [0.1, 0.15) is 87.6 Å². The number of rotatable bonds is 9. The lowest BCUT2D eigenvalue weighted by molar-refractivity contribution is -0.119. The fourth-order valence-electron chi connectivity index (χ4n) is 4.31. The molecule has 2 atom stereocenters. The molecular formula is C24H33BO8. The maximum Gasteiger partial charge on any atom is 0.526 e. The van der Waals surface area contributed by atoms with Gasteiger partial charge in [-0.3, -0.25) is 4.79 Å². The third-order valence-corrected chi connectivity index (χ3v) is 6.09. The molecule has 9 heteroatoms. The van der Waals surface area contributed by atoms with Crippen LogP contribution in [0.25, 0.3) is 0 Å². The summed E-state index contributed by atoms with van der Waals surface area (Å²) in [6, 6.07) is 5.01. The molecule has 1 aromatic rings. The number of fused-ring (bicyclic) bond motifs is 1. The predicted molar refractivity (Wildman–Crippen MR) is 121 cm³/mol. The summed E-state index contributed by atoms with van der Waals surface area (Å²) in [5.41, 5.74) is 0.840. The fraction of sp³-hybridized carbons (Fsp3) is 0.625. The summed E-state index contributed by atoms with van der Waals surface area (Å²) in [7, 11) is -1.20. The summed E-state index contributed by atoms with van der Waals surface area (Å²) in [5, 5.41) is 10.4. The second-order valence-corrected chi connectivity index (χ2v) is 8.83. The number of Topliss-reactive ketones (excluding diaryl/α,β-unsaturated/α-hetero) is 1. The molecule has 33 heavy (non-hydrogen) atoms. The second-order valence-electron chi connectivity index (χ2n) is 8.83. The number of unbranched alkanes of at least 4 members (excludes halogenated alkanes) is 1. The number of para-hydroxylation sites is 1. The lowest BCUT2D eigenvalue weighted by Crippen LogP contribution is -2.36. The highest BCUT2D eigenvalue weighted by molar-refractivity contribution is 6.47. The molecular weight excluding hydrogens is 427 g/mol. The number of carbonyl (C=O) groups excluding carboxylic acids is 3. The van der Waals surface area contributed by atoms with Crippen molar-refractivity contribution in [2.75, 3.05) is 0 Å². The van der Waals surface area contributed by atoms with Gasteiger partial charge in [0.15, 0.2) is 0 Å². The first-order valence-corrected chi connectivity index (χ1v) is 11.9. The van der Waals surface area contributed by atoms with E-state index in [9.17, 15) is 19.4 Å². The highest BCUT2D eigenvalue weighted by Crippen LogP contribution is 2.37. The third kappa shape index (κ3) is 7.22. The third-order valence-electron chi connectivity index (χ3n) is 6.09. The lowest BCUT2D eigenvalue weighted by atomic mass is 9.64. The number of ether oxygens (including phenoxy) is 3. The number of hydrogen-bond donors (Lipinski definition) is 1. The first kappa shape index (κ1) is 25.1. The summed E-state index contributed by atoms with van der Waals surface area (Å²) in [5.74, 6) is -0.793. The van der Waals surface area contributed by atoms with Crippen LogP contribution in [-0.4, -0.2) is 42.4 Å². The van der Waals surface area contributed by atoms with Gasteiger partial charge in [-0.1, -0.05) is 31.9 Å². The number of carbonyl (C=O) groups is 3. The van der Waals surface area contributed by atoms with Crippen LogP contribution in [0.3, 0.4) is 0 Å². The Hall–Kier alpha value is -2.55. The van der Waals surface area contributed by atoms with E-state index in [0.29, 0.717) is 18.4 Å². The van der Waals surface area contributed by atoms with Crippen molar-refractivity contribution in [3.8, 4) is 5.75 Å². The van der Waals surface area contributed by atoms with Crippen molar-refractivity contribution in [1.82, 2.24) is 0 Å². The average molecular weight is 460 g/mol. The molecule has 0 aromatic heterocycles. The predicted octanol–water partition coefficient (Wildman–Crippen LogP) is 4.61. The largest absolute Gasteiger partial charge is 0.535 e. The molecule has 0 saturated heterocycles. The van der Waals surface area contributed by atoms with Crippen LogP contribution in [0.2, 0.25) is 5.82 Å². The van der Waals surface area contributed by atoms with Crippen molar-refractivity contribution < 1.29 is 38.3 Å². The Morgan fingerprint density at radius 2 is 1.94 bits per heavy atom. The van der Waals surface area contributed by atoms with E-state index >= 15 is 0 Å². The van der Waals surface area contributed by atoms with Gasteiger partial charge in [0.2, 0.25) is 6.29 Å². The highest BCUT2D eigenvalue weighted by Gasteiger charge is 2.38. The van der Waals surface area contributed by atoms with Gasteiger partial charge in [-0.2, -0.15) is 0 Å². The van der Waals surface area contributed by atoms with Gasteiger partial charge in [0.1, 0.15) is 23.2 Å². The summed E-state index contributed by atoms with van der Waals surface area (Å²) in [4.78, 5) is 36.8. The number of esters is 1. The Morgan fingerprint density at radius 3 is 2.67 bits per heavy atom. The number of benzene rings is 1. The summed E-state index contributed by atoms with van der Waals surface area (Å²) >= 11 is 0. The van der Waals surface area contributed by atoms with E-state index in [2.05, 4.69) is 0 Å². The molecule has 1 saturated carbocycles. The van der Waals surface area contributed by atoms with Gasteiger partial charge in [0, 0.05) is 25.6 Å². The summed E-state index contributed by atoms with van der Waals surface area (Å²) in [6.45, 7) is 3.46. The van der Waals surface area contributed by atoms with Crippen LogP contribution in [0.5, 0.6) is 5.75 Å². The molecule has 0 amide bonds. The summed E-state index contributed by atoms with van der Waals surface area (Å²) < 4.78 is 21.2. The Bertz CT molecular complexity index is 836. The van der Waals surface area contributed by atoms with E-state index < -0.39 is 25.5 Å². The van der Waals surface area contributed by atoms with Gasteiger partial charge in [0.25, 0.3) is 0 Å². The van der Waals surface area contributed by atoms with Crippen molar-refractivity contribution in [2.45, 2.75) is 96.3 Å². The Labute approximate surface area is 195 Å². The number of ketones is 1. The van der Waals surface area contributed by atoms with E-state index in [1.807, 2.05) is 6.92 Å². The van der Waals surface area contributed by atoms with Crippen LogP contribution in [0.15, 0.2) is 18.2 Å². The first-order valence-electron chi connectivity index (χ1n) is 11.9. The maximum absolute atomic E-state index is 12.7. The van der Waals surface area contributed by atoms with Gasteiger partial charge >= 0.3 is 19.2 Å². The van der Waals surface area contributed by atoms with Crippen LogP contribution in [-0.2, 0) is 25.4 Å². The number of hydrogen-bond acceptors (Lipinski definition) is 8. The highest BCUT2D eigenvalue weighted by atomic mass is 16.8. The fourth-order valence-corrected chi connectivity index (χ4v) is 4.31. The van der Waals surface area contributed by atoms with Gasteiger partial charge in [-0.15, -0.1) is 0 Å². The second kappa shape index (κ2) is 12.1. The first-order chi connectivity index (χ1) is 15.9. The molecule has 3 rings (SSSR count). The molecule has 1 heterocycles. The van der Waals surface area contributed by atoms with Crippen molar-refractivity contribution in [3.05, 3.63) is 29.3 Å². The molecule has 8 nitrogen and oxygen atoms in total. The zero-order chi connectivity index (χ0) is 23.8. The SMILES string of the molecule is CCCCC(=O)C[C@H]1Cc2cccc(C(=O)OC(C)OC(=O)OC3CCCCC3)c2OB1O. The topological polar surface area (TPSA) is 108 Å². The average Bonchev–Trinajstić information content (AvgIpc) is 2.78. The summed E-state index contributed by atoms with van der Waals surface area (Å²) in [6.07, 6.45) is 5.49. The quantitative estimate of drug-likeness (QED) is 0.323. The molecule has 2 aliphatic rings. The molecule has 1 N–H and O–H groups in total. The molecule has 1 unspecified atom stereocenters. The normalized spacial score (nSPS) is 19.1. The van der Waals surface area contributed by atoms with Gasteiger partial charge in [0.05, 0.1) is 0 Å². The van der Waals surface area contributed by atoms with Gasteiger partial charge < -0.3 is 23.9 Å². The van der Waals surface area contributed by atoms with E-state index in [-0.39, 0.29) is 35.4 Å². The van der Waals surface area contributed by atoms with Crippen LogP contribution in [0, 0.1) is 0 Å². The molecule has 180 valence electrons. The van der Waals surface area contributed by atoms with Crippen LogP contribution < -0.4 is 4.65 Å². The van der Waals surface area contributed by atoms with Gasteiger partial charge in [-0.25, -0.2) is 9.59 Å². The zero-order valence-corrected chi connectivity index (χ0v) is 19.4. The molecule has 1 fully saturated rings. The van der Waals surface area contributed by atoms with Crippen molar-refractivity contribution >= 4 is 25.0 Å². The van der Waals surface area contributed by atoms with Crippen molar-refractivity contribution in [2.24, 2.45) is 0 Å². The molecule has 0 bridgehead atoms. The minimum atomic E-state index is -1.20. The standard InChI is InChI=1S/C24H33BO8/c1-3-4-10-19(26)15-18-14-17-9-8-13-21(22(17)33-25(18)29)23(27)30-16(2)31-24(28)32-20-11-6-5-7-12-20/h8-9,13,16,18,20,29H,3-7,10-12,14-15H2,1-2H3/t16?,18-/m1/s1. The van der Waals surface area contributed by atoms with Crippen molar-refractivity contribution in [3.63, 3.8) is 0 Å². The minimum absolute atomic E-state index is 0.0922. The minimum Gasteiger partial charge on any atom is -0.535 e. The monoisotopic (exact) mass is 460 g/mol. The van der Waals surface area contributed by atoms with E-state index in [0.717, 1.165) is 44.9 Å². The van der Waals surface area contributed by atoms with Crippen LogP contribution >= 0.6 is 0 Å². The van der Waals surface area contributed by atoms with E-state index in [1.165, 1.54) is 13.0 Å². The maximum atomic E-state index is 12.7. The van der Waals surface area contributed by atoms with Gasteiger partial charge in [-0.05, 0) is 50.2 Å². The smallest absolute Gasteiger partial charge is 0.526 e. The molecule has 0 spiro atoms. The van der Waals surface area contributed by atoms with E-state index in [1.54, 1.807) is 12.1 Å². The molecule has 1 aliphatic heterocycles.